The van der Waals surface area contributed by atoms with Crippen LogP contribution in [0, 0.1) is 11.8 Å². The second-order valence-electron chi connectivity index (χ2n) is 7.36. The topological polar surface area (TPSA) is 117 Å². The van der Waals surface area contributed by atoms with Crippen molar-refractivity contribution >= 4 is 28.2 Å². The fraction of sp³-hybridized carbons (Fsp3) is 0.348. The molecule has 1 aliphatic heterocycles. The second-order valence-corrected chi connectivity index (χ2v) is 9.35. The van der Waals surface area contributed by atoms with Gasteiger partial charge in [-0.3, -0.25) is 15.3 Å². The quantitative estimate of drug-likeness (QED) is 0.254. The summed E-state index contributed by atoms with van der Waals surface area (Å²) in [5, 5.41) is 13.7. The second kappa shape index (κ2) is 13.2. The number of nitrogens with one attached hydrogen (secondary N) is 2. The molecule has 0 radical (unpaired) electrons. The molecule has 1 amide bonds. The molecule has 3 rings (SSSR count). The summed E-state index contributed by atoms with van der Waals surface area (Å²) in [6.07, 6.45) is 2.16. The van der Waals surface area contributed by atoms with Gasteiger partial charge in [0.2, 0.25) is 0 Å². The molecule has 0 bridgehead atoms. The zero-order valence-electron chi connectivity index (χ0n) is 18.7. The van der Waals surface area contributed by atoms with E-state index in [0.29, 0.717) is 17.1 Å². The van der Waals surface area contributed by atoms with Crippen molar-refractivity contribution in [1.29, 1.82) is 0 Å². The third kappa shape index (κ3) is 7.62. The maximum atomic E-state index is 12.8. The van der Waals surface area contributed by atoms with E-state index in [1.165, 1.54) is 12.1 Å². The van der Waals surface area contributed by atoms with Crippen LogP contribution in [0.2, 0.25) is 0 Å². The van der Waals surface area contributed by atoms with Crippen molar-refractivity contribution in [3.8, 4) is 23.3 Å². The van der Waals surface area contributed by atoms with Crippen molar-refractivity contribution in [1.82, 2.24) is 15.9 Å². The van der Waals surface area contributed by atoms with E-state index < -0.39 is 27.7 Å². The first-order chi connectivity index (χ1) is 15.9. The van der Waals surface area contributed by atoms with Gasteiger partial charge in [-0.1, -0.05) is 18.1 Å². The number of nitrogens with zero attached hydrogens (tertiary/aromatic N) is 1. The summed E-state index contributed by atoms with van der Waals surface area (Å²) in [6, 6.07) is 11.6. The molecular weight excluding hydrogens is 482 g/mol. The van der Waals surface area contributed by atoms with Crippen LogP contribution in [0.1, 0.15) is 31.4 Å². The number of hydroxylamine groups is 3. The van der Waals surface area contributed by atoms with Gasteiger partial charge in [0, 0.05) is 13.1 Å². The maximum absolute atomic E-state index is 12.8. The summed E-state index contributed by atoms with van der Waals surface area (Å²) < 4.78 is 30.9. The van der Waals surface area contributed by atoms with E-state index in [1.54, 1.807) is 48.8 Å². The molecule has 2 aromatic carbocycles. The molecule has 0 aromatic heterocycles. The predicted molar refractivity (Wildman–Crippen MR) is 128 cm³/mol. The number of hydrogen-bond acceptors (Lipinski definition) is 8. The molecule has 1 atom stereocenters. The molecule has 1 fully saturated rings. The molecule has 1 heterocycles. The van der Waals surface area contributed by atoms with E-state index in [1.807, 2.05) is 5.06 Å². The third-order valence-electron chi connectivity index (χ3n) is 5.03. The lowest BCUT2D eigenvalue weighted by Gasteiger charge is -2.19. The van der Waals surface area contributed by atoms with Gasteiger partial charge in [0.05, 0.1) is 4.90 Å². The Bertz CT molecular complexity index is 1090. The zero-order valence-corrected chi connectivity index (χ0v) is 20.3. The van der Waals surface area contributed by atoms with Gasteiger partial charge in [-0.2, -0.15) is 0 Å². The first kappa shape index (κ1) is 27.4. The summed E-state index contributed by atoms with van der Waals surface area (Å²) in [6.45, 7) is 3.63. The lowest BCUT2D eigenvalue weighted by Crippen LogP contribution is -2.38. The molecule has 0 saturated carbocycles. The van der Waals surface area contributed by atoms with Crippen molar-refractivity contribution < 1.29 is 28.0 Å². The molecule has 1 aliphatic rings. The summed E-state index contributed by atoms with van der Waals surface area (Å²) in [7, 11) is -3.76. The Morgan fingerprint density at radius 1 is 1.09 bits per heavy atom. The van der Waals surface area contributed by atoms with E-state index in [2.05, 4.69) is 17.2 Å². The molecule has 11 heteroatoms. The number of amides is 1. The molecule has 3 N–H and O–H groups in total. The van der Waals surface area contributed by atoms with E-state index in [0.717, 1.165) is 25.9 Å². The van der Waals surface area contributed by atoms with Gasteiger partial charge < -0.3 is 9.57 Å². The van der Waals surface area contributed by atoms with E-state index in [4.69, 9.17) is 14.8 Å². The molecule has 0 spiro atoms. The number of carbonyl (C=O) groups is 1. The van der Waals surface area contributed by atoms with Crippen LogP contribution in [0.25, 0.3) is 0 Å². The van der Waals surface area contributed by atoms with Crippen molar-refractivity contribution in [2.24, 2.45) is 0 Å². The molecular formula is C23H28ClN3O6S. The van der Waals surface area contributed by atoms with Crippen molar-refractivity contribution in [3.05, 3.63) is 54.1 Å². The molecule has 34 heavy (non-hydrogen) atoms. The van der Waals surface area contributed by atoms with Crippen LogP contribution < -0.4 is 20.4 Å². The van der Waals surface area contributed by atoms with Crippen LogP contribution in [0.4, 0.5) is 0 Å². The molecule has 0 unspecified atom stereocenters. The molecule has 184 valence electrons. The minimum absolute atomic E-state index is 0. The molecule has 1 saturated heterocycles. The number of rotatable bonds is 10. The summed E-state index contributed by atoms with van der Waals surface area (Å²) in [4.78, 5) is 18.0. The zero-order chi connectivity index (χ0) is 23.7. The average Bonchev–Trinajstić information content (AvgIpc) is 3.33. The number of carbonyl (C=O) groups excluding carboxylic acids is 1. The first-order valence-corrected chi connectivity index (χ1v) is 12.1. The smallest absolute Gasteiger partial charge is 0.265 e. The van der Waals surface area contributed by atoms with Crippen molar-refractivity contribution in [2.75, 3.05) is 25.6 Å². The van der Waals surface area contributed by atoms with Crippen molar-refractivity contribution in [3.63, 3.8) is 0 Å². The fourth-order valence-electron chi connectivity index (χ4n) is 3.29. The van der Waals surface area contributed by atoms with Crippen LogP contribution in [0.15, 0.2) is 53.4 Å². The number of ether oxygens (including phenoxy) is 1. The highest BCUT2D eigenvalue weighted by Gasteiger charge is 2.24. The largest absolute Gasteiger partial charge is 0.481 e. The van der Waals surface area contributed by atoms with Gasteiger partial charge >= 0.3 is 0 Å². The van der Waals surface area contributed by atoms with Crippen LogP contribution >= 0.6 is 12.4 Å². The lowest BCUT2D eigenvalue weighted by atomic mass is 10.1. The number of halogens is 1. The van der Waals surface area contributed by atoms with Crippen LogP contribution in [-0.4, -0.2) is 50.2 Å². The number of sulfone groups is 1. The predicted octanol–water partition coefficient (Wildman–Crippen LogP) is 2.47. The van der Waals surface area contributed by atoms with E-state index in [9.17, 15) is 13.2 Å². The number of benzene rings is 2. The van der Waals surface area contributed by atoms with Crippen LogP contribution in [0.5, 0.6) is 11.5 Å². The Kier molecular flexibility index (Phi) is 10.6. The Hall–Kier alpha value is -2.81. The molecule has 2 aromatic rings. The Balaban J connectivity index is 0.00000408. The first-order valence-electron chi connectivity index (χ1n) is 10.5. The minimum Gasteiger partial charge on any atom is -0.481 e. The van der Waals surface area contributed by atoms with E-state index in [-0.39, 0.29) is 23.9 Å². The normalized spacial score (nSPS) is 14.3. The monoisotopic (exact) mass is 509 g/mol. The van der Waals surface area contributed by atoms with Crippen LogP contribution in [-0.2, 0) is 14.6 Å². The van der Waals surface area contributed by atoms with Gasteiger partial charge in [-0.05, 0) is 61.7 Å². The highest BCUT2D eigenvalue weighted by Crippen LogP contribution is 2.22. The maximum Gasteiger partial charge on any atom is 0.265 e. The third-order valence-corrected chi connectivity index (χ3v) is 6.57. The highest BCUT2D eigenvalue weighted by molar-refractivity contribution is 7.91. The van der Waals surface area contributed by atoms with E-state index >= 15 is 0 Å². The van der Waals surface area contributed by atoms with Gasteiger partial charge in [0.25, 0.3) is 5.91 Å². The van der Waals surface area contributed by atoms with Gasteiger partial charge in [0.15, 0.2) is 9.84 Å². The SMILES string of the molecule is CC#CCOc1ccc(S(=O)(=O)CN[C@@H](C(=O)NO)c2ccc(ON3CCCC3)cc2)cc1.Cl. The molecule has 0 aliphatic carbocycles. The van der Waals surface area contributed by atoms with Gasteiger partial charge in [0.1, 0.15) is 30.0 Å². The fourth-order valence-corrected chi connectivity index (χ4v) is 4.39. The minimum atomic E-state index is -3.76. The Labute approximate surface area is 205 Å². The molecule has 9 nitrogen and oxygen atoms in total. The lowest BCUT2D eigenvalue weighted by molar-refractivity contribution is -0.131. The summed E-state index contributed by atoms with van der Waals surface area (Å²) in [5.41, 5.74) is 2.06. The van der Waals surface area contributed by atoms with Crippen LogP contribution in [0.3, 0.4) is 0 Å². The van der Waals surface area contributed by atoms with Gasteiger partial charge in [-0.15, -0.1) is 23.4 Å². The van der Waals surface area contributed by atoms with Gasteiger partial charge in [-0.25, -0.2) is 13.9 Å². The standard InChI is InChI=1S/C23H27N3O6S.ClH/c1-2-3-16-31-19-10-12-21(13-11-19)33(29,30)17-24-22(23(27)25-28)18-6-8-20(9-7-18)32-26-14-4-5-15-26;/h6-13,22,24,28H,4-5,14-17H2,1H3,(H,25,27);1H/t22-;/m1./s1. The Morgan fingerprint density at radius 2 is 1.71 bits per heavy atom. The summed E-state index contributed by atoms with van der Waals surface area (Å²) >= 11 is 0. The summed E-state index contributed by atoms with van der Waals surface area (Å²) in [5.74, 6) is 5.29. The Morgan fingerprint density at radius 3 is 2.29 bits per heavy atom. The average molecular weight is 510 g/mol. The number of hydrogen-bond donors (Lipinski definition) is 3. The van der Waals surface area contributed by atoms with Crippen molar-refractivity contribution in [2.45, 2.75) is 30.7 Å². The highest BCUT2D eigenvalue weighted by atomic mass is 35.5.